The van der Waals surface area contributed by atoms with Crippen LogP contribution in [0.15, 0.2) is 24.3 Å². The minimum absolute atomic E-state index is 0.559. The van der Waals surface area contributed by atoms with Crippen molar-refractivity contribution in [3.63, 3.8) is 0 Å². The molecule has 4 heteroatoms. The predicted molar refractivity (Wildman–Crippen MR) is 47.6 cm³/mol. The lowest BCUT2D eigenvalue weighted by molar-refractivity contribution is -0.117. The Hall–Kier alpha value is -1.58. The molecule has 0 saturated carbocycles. The maximum absolute atomic E-state index is 11.8. The predicted octanol–water partition coefficient (Wildman–Crippen LogP) is 1.60. The molecule has 1 aromatic rings. The van der Waals surface area contributed by atoms with Crippen molar-refractivity contribution in [3.05, 3.63) is 24.3 Å². The average Bonchev–Trinajstić information content (AvgIpc) is 2.19. The summed E-state index contributed by atoms with van der Waals surface area (Å²) in [6.45, 7) is -1.01. The van der Waals surface area contributed by atoms with Gasteiger partial charge in [0.15, 0.2) is 6.67 Å². The molecule has 1 aromatic carbocycles. The lowest BCUT2D eigenvalue weighted by Crippen LogP contribution is -2.12. The number of halogens is 1. The Labute approximate surface area is 75.5 Å². The second kappa shape index (κ2) is 4.45. The number of methoxy groups -OCH3 is 1. The van der Waals surface area contributed by atoms with Crippen molar-refractivity contribution in [1.82, 2.24) is 0 Å². The Morgan fingerprint density at radius 2 is 2.08 bits per heavy atom. The topological polar surface area (TPSA) is 38.3 Å². The van der Waals surface area contributed by atoms with E-state index in [4.69, 9.17) is 4.74 Å². The van der Waals surface area contributed by atoms with E-state index >= 15 is 0 Å². The van der Waals surface area contributed by atoms with Gasteiger partial charge in [0, 0.05) is 5.69 Å². The molecule has 0 spiro atoms. The summed E-state index contributed by atoms with van der Waals surface area (Å²) in [5.74, 6) is 0.0448. The van der Waals surface area contributed by atoms with Gasteiger partial charge in [-0.05, 0) is 24.3 Å². The first-order valence-corrected chi connectivity index (χ1v) is 3.76. The van der Waals surface area contributed by atoms with Crippen molar-refractivity contribution in [2.75, 3.05) is 19.1 Å². The third kappa shape index (κ3) is 2.74. The van der Waals surface area contributed by atoms with E-state index in [2.05, 4.69) is 5.32 Å². The molecule has 0 fully saturated rings. The Bertz CT molecular complexity index is 284. The number of carbonyl (C=O) groups excluding carboxylic acids is 1. The highest BCUT2D eigenvalue weighted by Gasteiger charge is 1.99. The first kappa shape index (κ1) is 9.51. The minimum atomic E-state index is -1.01. The first-order chi connectivity index (χ1) is 6.26. The fraction of sp³-hybridized carbons (Fsp3) is 0.222. The third-order valence-corrected chi connectivity index (χ3v) is 1.50. The van der Waals surface area contributed by atoms with Crippen LogP contribution < -0.4 is 10.1 Å². The maximum atomic E-state index is 11.8. The molecule has 3 nitrogen and oxygen atoms in total. The van der Waals surface area contributed by atoms with Crippen LogP contribution in [0.2, 0.25) is 0 Å². The lowest BCUT2D eigenvalue weighted by Gasteiger charge is -2.03. The van der Waals surface area contributed by atoms with E-state index < -0.39 is 12.6 Å². The highest BCUT2D eigenvalue weighted by molar-refractivity contribution is 5.91. The fourth-order valence-corrected chi connectivity index (χ4v) is 0.869. The van der Waals surface area contributed by atoms with Crippen molar-refractivity contribution in [1.29, 1.82) is 0 Å². The number of nitrogens with one attached hydrogen (secondary N) is 1. The van der Waals surface area contributed by atoms with E-state index in [0.29, 0.717) is 11.4 Å². The largest absolute Gasteiger partial charge is 0.497 e. The zero-order valence-corrected chi connectivity index (χ0v) is 7.21. The van der Waals surface area contributed by atoms with E-state index in [1.165, 1.54) is 0 Å². The van der Waals surface area contributed by atoms with Crippen LogP contribution in [0.1, 0.15) is 0 Å². The van der Waals surface area contributed by atoms with Gasteiger partial charge in [-0.1, -0.05) is 0 Å². The Morgan fingerprint density at radius 1 is 1.46 bits per heavy atom. The first-order valence-electron chi connectivity index (χ1n) is 3.76. The molecule has 13 heavy (non-hydrogen) atoms. The van der Waals surface area contributed by atoms with E-state index in [9.17, 15) is 9.18 Å². The molecule has 0 aliphatic heterocycles. The van der Waals surface area contributed by atoms with Crippen LogP contribution in [0.25, 0.3) is 0 Å². The molecule has 0 bridgehead atoms. The van der Waals surface area contributed by atoms with Gasteiger partial charge < -0.3 is 10.1 Å². The van der Waals surface area contributed by atoms with Crippen LogP contribution in [-0.2, 0) is 4.79 Å². The zero-order chi connectivity index (χ0) is 9.68. The van der Waals surface area contributed by atoms with Crippen molar-refractivity contribution in [2.45, 2.75) is 0 Å². The van der Waals surface area contributed by atoms with Gasteiger partial charge >= 0.3 is 0 Å². The molecule has 1 amide bonds. The number of benzene rings is 1. The Balaban J connectivity index is 2.64. The van der Waals surface area contributed by atoms with Crippen molar-refractivity contribution in [2.24, 2.45) is 0 Å². The number of hydrogen-bond acceptors (Lipinski definition) is 2. The standard InChI is InChI=1S/C9H10FNO2/c1-13-8-4-2-7(3-5-8)11-9(12)6-10/h2-5H,6H2,1H3,(H,11,12). The number of carbonyl (C=O) groups is 1. The Morgan fingerprint density at radius 3 is 2.54 bits per heavy atom. The number of hydrogen-bond donors (Lipinski definition) is 1. The van der Waals surface area contributed by atoms with Crippen LogP contribution >= 0.6 is 0 Å². The van der Waals surface area contributed by atoms with E-state index in [0.717, 1.165) is 0 Å². The highest BCUT2D eigenvalue weighted by Crippen LogP contribution is 2.14. The molecule has 0 aliphatic carbocycles. The molecule has 0 heterocycles. The van der Waals surface area contributed by atoms with E-state index in [1.807, 2.05) is 0 Å². The van der Waals surface area contributed by atoms with E-state index in [1.54, 1.807) is 31.4 Å². The SMILES string of the molecule is COc1ccc(NC(=O)CF)cc1. The number of alkyl halides is 1. The summed E-state index contributed by atoms with van der Waals surface area (Å²) in [4.78, 5) is 10.6. The van der Waals surface area contributed by atoms with Crippen LogP contribution in [0.4, 0.5) is 10.1 Å². The van der Waals surface area contributed by atoms with Gasteiger partial charge in [-0.15, -0.1) is 0 Å². The van der Waals surface area contributed by atoms with Gasteiger partial charge in [0.2, 0.25) is 0 Å². The monoisotopic (exact) mass is 183 g/mol. The van der Waals surface area contributed by atoms with Gasteiger partial charge in [0.25, 0.3) is 5.91 Å². The normalized spacial score (nSPS) is 9.38. The van der Waals surface area contributed by atoms with Crippen LogP contribution in [0, 0.1) is 0 Å². The second-order valence-corrected chi connectivity index (χ2v) is 2.41. The number of rotatable bonds is 3. The van der Waals surface area contributed by atoms with Gasteiger partial charge in [-0.3, -0.25) is 4.79 Å². The number of anilines is 1. The lowest BCUT2D eigenvalue weighted by atomic mass is 10.3. The summed E-state index contributed by atoms with van der Waals surface area (Å²) in [7, 11) is 1.55. The van der Waals surface area contributed by atoms with E-state index in [-0.39, 0.29) is 0 Å². The summed E-state index contributed by atoms with van der Waals surface area (Å²) in [5, 5.41) is 2.37. The van der Waals surface area contributed by atoms with Crippen LogP contribution in [-0.4, -0.2) is 19.7 Å². The Kier molecular flexibility index (Phi) is 3.25. The smallest absolute Gasteiger partial charge is 0.255 e. The molecular weight excluding hydrogens is 173 g/mol. The fourth-order valence-electron chi connectivity index (χ4n) is 0.869. The molecular formula is C9H10FNO2. The van der Waals surface area contributed by atoms with Crippen molar-refractivity contribution in [3.8, 4) is 5.75 Å². The van der Waals surface area contributed by atoms with Crippen LogP contribution in [0.3, 0.4) is 0 Å². The summed E-state index contributed by atoms with van der Waals surface area (Å²) in [6, 6.07) is 6.67. The maximum Gasteiger partial charge on any atom is 0.255 e. The molecule has 0 aromatic heterocycles. The summed E-state index contributed by atoms with van der Waals surface area (Å²) in [6.07, 6.45) is 0. The third-order valence-electron chi connectivity index (χ3n) is 1.50. The highest BCUT2D eigenvalue weighted by atomic mass is 19.1. The molecule has 0 atom stereocenters. The van der Waals surface area contributed by atoms with Gasteiger partial charge in [-0.2, -0.15) is 0 Å². The average molecular weight is 183 g/mol. The molecule has 1 N–H and O–H groups in total. The molecule has 0 saturated heterocycles. The van der Waals surface area contributed by atoms with Crippen LogP contribution in [0.5, 0.6) is 5.75 Å². The summed E-state index contributed by atoms with van der Waals surface area (Å²) >= 11 is 0. The quantitative estimate of drug-likeness (QED) is 0.773. The van der Waals surface area contributed by atoms with Gasteiger partial charge in [-0.25, -0.2) is 4.39 Å². The zero-order valence-electron chi connectivity index (χ0n) is 7.21. The van der Waals surface area contributed by atoms with Crippen molar-refractivity contribution >= 4 is 11.6 Å². The van der Waals surface area contributed by atoms with Gasteiger partial charge in [0.1, 0.15) is 5.75 Å². The van der Waals surface area contributed by atoms with Gasteiger partial charge in [0.05, 0.1) is 7.11 Å². The summed E-state index contributed by atoms with van der Waals surface area (Å²) in [5.41, 5.74) is 0.559. The molecule has 0 radical (unpaired) electrons. The molecule has 1 rings (SSSR count). The second-order valence-electron chi connectivity index (χ2n) is 2.41. The molecule has 0 unspecified atom stereocenters. The summed E-state index contributed by atoms with van der Waals surface area (Å²) < 4.78 is 16.7. The molecule has 0 aliphatic rings. The minimum Gasteiger partial charge on any atom is -0.497 e. The molecule has 70 valence electrons. The van der Waals surface area contributed by atoms with Crippen molar-refractivity contribution < 1.29 is 13.9 Å². The number of amides is 1. The number of ether oxygens (including phenoxy) is 1.